The molecule has 1 atom stereocenters. The summed E-state index contributed by atoms with van der Waals surface area (Å²) in [6.45, 7) is 4.49. The van der Waals surface area contributed by atoms with Crippen molar-refractivity contribution in [2.45, 2.75) is 30.4 Å². The Hall–Kier alpha value is -2.11. The molecule has 0 bridgehead atoms. The van der Waals surface area contributed by atoms with Gasteiger partial charge in [-0.05, 0) is 48.9 Å². The van der Waals surface area contributed by atoms with E-state index < -0.39 is 0 Å². The normalized spacial score (nSPS) is 12.6. The zero-order chi connectivity index (χ0) is 17.2. The highest BCUT2D eigenvalue weighted by atomic mass is 32.2. The van der Waals surface area contributed by atoms with E-state index in [0.29, 0.717) is 5.25 Å². The van der Waals surface area contributed by atoms with Gasteiger partial charge < -0.3 is 5.32 Å². The second-order valence-corrected chi connectivity index (χ2v) is 8.43. The molecule has 0 aliphatic rings. The molecule has 0 saturated heterocycles. The van der Waals surface area contributed by atoms with E-state index in [2.05, 4.69) is 65.5 Å². The highest BCUT2D eigenvalue weighted by Gasteiger charge is 2.07. The van der Waals surface area contributed by atoms with Crippen LogP contribution in [0.3, 0.4) is 0 Å². The highest BCUT2D eigenvalue weighted by molar-refractivity contribution is 8.00. The molecule has 0 amide bonds. The average molecular weight is 366 g/mol. The van der Waals surface area contributed by atoms with Crippen molar-refractivity contribution in [3.8, 4) is 0 Å². The number of aromatic nitrogens is 2. The number of fused-ring (bicyclic) bond motifs is 2. The minimum absolute atomic E-state index is 0.609. The van der Waals surface area contributed by atoms with Crippen LogP contribution in [0, 0.1) is 0 Å². The lowest BCUT2D eigenvalue weighted by molar-refractivity contribution is 0.906. The van der Waals surface area contributed by atoms with E-state index >= 15 is 0 Å². The SMILES string of the molecule is CCC(C)Sc1ccc2nccc(Nc3ccc4scnc4c3)c2c1. The zero-order valence-electron chi connectivity index (χ0n) is 14.2. The third-order valence-corrected chi connectivity index (χ3v) is 6.31. The fourth-order valence-electron chi connectivity index (χ4n) is 2.71. The second kappa shape index (κ2) is 7.02. The van der Waals surface area contributed by atoms with Crippen LogP contribution in [0.2, 0.25) is 0 Å². The smallest absolute Gasteiger partial charge is 0.0832 e. The Kier molecular flexibility index (Phi) is 4.59. The van der Waals surface area contributed by atoms with E-state index in [0.717, 1.165) is 34.2 Å². The first-order chi connectivity index (χ1) is 12.2. The minimum Gasteiger partial charge on any atom is -0.355 e. The number of nitrogens with one attached hydrogen (secondary N) is 1. The lowest BCUT2D eigenvalue weighted by Gasteiger charge is -2.12. The van der Waals surface area contributed by atoms with Crippen molar-refractivity contribution in [1.29, 1.82) is 0 Å². The monoisotopic (exact) mass is 365 g/mol. The number of pyridine rings is 1. The van der Waals surface area contributed by atoms with Crippen molar-refractivity contribution in [1.82, 2.24) is 9.97 Å². The predicted molar refractivity (Wildman–Crippen MR) is 110 cm³/mol. The molecule has 0 spiro atoms. The summed E-state index contributed by atoms with van der Waals surface area (Å²) in [6, 6.07) is 14.9. The molecule has 2 heterocycles. The van der Waals surface area contributed by atoms with Gasteiger partial charge in [-0.15, -0.1) is 23.1 Å². The maximum atomic E-state index is 4.51. The third-order valence-electron chi connectivity index (χ3n) is 4.23. The van der Waals surface area contributed by atoms with E-state index in [-0.39, 0.29) is 0 Å². The molecule has 0 fully saturated rings. The van der Waals surface area contributed by atoms with E-state index in [1.807, 2.05) is 29.5 Å². The van der Waals surface area contributed by atoms with E-state index in [9.17, 15) is 0 Å². The lowest BCUT2D eigenvalue weighted by Crippen LogP contribution is -1.94. The van der Waals surface area contributed by atoms with Crippen LogP contribution in [0.1, 0.15) is 20.3 Å². The van der Waals surface area contributed by atoms with E-state index in [4.69, 9.17) is 0 Å². The van der Waals surface area contributed by atoms with Crippen LogP contribution in [-0.4, -0.2) is 15.2 Å². The molecule has 0 saturated carbocycles. The van der Waals surface area contributed by atoms with Gasteiger partial charge in [0.2, 0.25) is 0 Å². The van der Waals surface area contributed by atoms with Gasteiger partial charge >= 0.3 is 0 Å². The molecule has 5 heteroatoms. The largest absolute Gasteiger partial charge is 0.355 e. The lowest BCUT2D eigenvalue weighted by atomic mass is 10.2. The molecule has 2 aromatic carbocycles. The number of hydrogen-bond donors (Lipinski definition) is 1. The summed E-state index contributed by atoms with van der Waals surface area (Å²) in [7, 11) is 0. The Labute approximate surface area is 155 Å². The van der Waals surface area contributed by atoms with Crippen LogP contribution < -0.4 is 5.32 Å². The number of thioether (sulfide) groups is 1. The summed E-state index contributed by atoms with van der Waals surface area (Å²) in [5.41, 5.74) is 6.04. The number of benzene rings is 2. The maximum Gasteiger partial charge on any atom is 0.0832 e. The highest BCUT2D eigenvalue weighted by Crippen LogP contribution is 2.32. The van der Waals surface area contributed by atoms with Gasteiger partial charge in [-0.25, -0.2) is 4.98 Å². The van der Waals surface area contributed by atoms with E-state index in [1.54, 1.807) is 11.3 Å². The standard InChI is InChI=1S/C20H19N3S2/c1-3-13(2)25-15-5-6-17-16(11-15)18(8-9-21-17)23-14-4-7-20-19(10-14)22-12-24-20/h4-13H,3H2,1-2H3,(H,21,23). The van der Waals surface area contributed by atoms with Gasteiger partial charge in [0.25, 0.3) is 0 Å². The van der Waals surface area contributed by atoms with Crippen LogP contribution >= 0.6 is 23.1 Å². The van der Waals surface area contributed by atoms with Crippen LogP contribution in [-0.2, 0) is 0 Å². The summed E-state index contributed by atoms with van der Waals surface area (Å²) < 4.78 is 1.21. The molecule has 1 N–H and O–H groups in total. The van der Waals surface area contributed by atoms with Crippen molar-refractivity contribution >= 4 is 55.6 Å². The van der Waals surface area contributed by atoms with Gasteiger partial charge in [0.05, 0.1) is 21.2 Å². The maximum absolute atomic E-state index is 4.51. The Bertz CT molecular complexity index is 1030. The fourth-order valence-corrected chi connectivity index (χ4v) is 4.34. The Morgan fingerprint density at radius 2 is 2.00 bits per heavy atom. The van der Waals surface area contributed by atoms with Gasteiger partial charge in [0, 0.05) is 33.1 Å². The first-order valence-electron chi connectivity index (χ1n) is 8.38. The van der Waals surface area contributed by atoms with Crippen molar-refractivity contribution in [2.75, 3.05) is 5.32 Å². The Balaban J connectivity index is 1.71. The van der Waals surface area contributed by atoms with Gasteiger partial charge in [-0.2, -0.15) is 0 Å². The van der Waals surface area contributed by atoms with Crippen LogP contribution in [0.25, 0.3) is 21.1 Å². The number of rotatable bonds is 5. The molecule has 0 radical (unpaired) electrons. The van der Waals surface area contributed by atoms with Gasteiger partial charge in [-0.1, -0.05) is 13.8 Å². The topological polar surface area (TPSA) is 37.8 Å². The molecule has 126 valence electrons. The molecule has 2 aromatic heterocycles. The summed E-state index contributed by atoms with van der Waals surface area (Å²) in [4.78, 5) is 10.2. The predicted octanol–water partition coefficient (Wildman–Crippen LogP) is 6.48. The number of thiazole rings is 1. The van der Waals surface area contributed by atoms with Gasteiger partial charge in [-0.3, -0.25) is 4.98 Å². The first kappa shape index (κ1) is 16.4. The molecule has 0 aliphatic heterocycles. The van der Waals surface area contributed by atoms with Crippen molar-refractivity contribution in [2.24, 2.45) is 0 Å². The fraction of sp³-hybridized carbons (Fsp3) is 0.200. The van der Waals surface area contributed by atoms with E-state index in [1.165, 1.54) is 9.60 Å². The molecule has 1 unspecified atom stereocenters. The number of nitrogens with zero attached hydrogens (tertiary/aromatic N) is 2. The van der Waals surface area contributed by atoms with Crippen molar-refractivity contribution < 1.29 is 0 Å². The van der Waals surface area contributed by atoms with Crippen LogP contribution in [0.4, 0.5) is 11.4 Å². The molecule has 3 nitrogen and oxygen atoms in total. The summed E-state index contributed by atoms with van der Waals surface area (Å²) in [6.07, 6.45) is 3.02. The molecule has 0 aliphatic carbocycles. The summed E-state index contributed by atoms with van der Waals surface area (Å²) in [5.74, 6) is 0. The molecule has 4 aromatic rings. The summed E-state index contributed by atoms with van der Waals surface area (Å²) in [5, 5.41) is 5.30. The molecule has 4 rings (SSSR count). The zero-order valence-corrected chi connectivity index (χ0v) is 15.8. The second-order valence-electron chi connectivity index (χ2n) is 6.03. The Morgan fingerprint density at radius 3 is 2.88 bits per heavy atom. The Morgan fingerprint density at radius 1 is 1.08 bits per heavy atom. The molecular formula is C20H19N3S2. The van der Waals surface area contributed by atoms with Crippen LogP contribution in [0.15, 0.2) is 59.1 Å². The first-order valence-corrected chi connectivity index (χ1v) is 10.1. The summed E-state index contributed by atoms with van der Waals surface area (Å²) >= 11 is 3.58. The quantitative estimate of drug-likeness (QED) is 0.411. The van der Waals surface area contributed by atoms with Crippen molar-refractivity contribution in [3.05, 3.63) is 54.2 Å². The van der Waals surface area contributed by atoms with Crippen molar-refractivity contribution in [3.63, 3.8) is 0 Å². The molecule has 25 heavy (non-hydrogen) atoms. The third kappa shape index (κ3) is 3.48. The number of anilines is 2. The molecular weight excluding hydrogens is 346 g/mol. The van der Waals surface area contributed by atoms with Gasteiger partial charge in [0.1, 0.15) is 0 Å². The van der Waals surface area contributed by atoms with Gasteiger partial charge in [0.15, 0.2) is 0 Å². The number of hydrogen-bond acceptors (Lipinski definition) is 5. The average Bonchev–Trinajstić information content (AvgIpc) is 3.10. The van der Waals surface area contributed by atoms with Crippen LogP contribution in [0.5, 0.6) is 0 Å². The minimum atomic E-state index is 0.609.